The molecule has 0 bridgehead atoms. The lowest BCUT2D eigenvalue weighted by atomic mass is 10.1. The molecule has 0 aliphatic carbocycles. The van der Waals surface area contributed by atoms with Crippen molar-refractivity contribution in [2.24, 2.45) is 0 Å². The first kappa shape index (κ1) is 21.7. The Kier molecular flexibility index (Phi) is 5.35. The molecule has 4 rings (SSSR count). The lowest BCUT2D eigenvalue weighted by Gasteiger charge is -2.20. The molecule has 1 aromatic carbocycles. The highest BCUT2D eigenvalue weighted by molar-refractivity contribution is 7.89. The van der Waals surface area contributed by atoms with Crippen LogP contribution in [0.15, 0.2) is 62.6 Å². The van der Waals surface area contributed by atoms with E-state index in [1.807, 2.05) is 0 Å². The van der Waals surface area contributed by atoms with Crippen LogP contribution in [0.3, 0.4) is 0 Å². The van der Waals surface area contributed by atoms with Crippen molar-refractivity contribution < 1.29 is 22.2 Å². The van der Waals surface area contributed by atoms with Crippen LogP contribution in [0.2, 0.25) is 0 Å². The van der Waals surface area contributed by atoms with Crippen molar-refractivity contribution in [2.75, 3.05) is 5.32 Å². The molecule has 2 N–H and O–H groups in total. The van der Waals surface area contributed by atoms with E-state index in [4.69, 9.17) is 8.94 Å². The van der Waals surface area contributed by atoms with E-state index in [9.17, 15) is 13.2 Å². The number of carbonyl (C=O) groups excluding carboxylic acids is 1. The summed E-state index contributed by atoms with van der Waals surface area (Å²) in [4.78, 5) is 17.6. The maximum absolute atomic E-state index is 13.2. The van der Waals surface area contributed by atoms with Crippen molar-refractivity contribution in [3.8, 4) is 11.5 Å². The van der Waals surface area contributed by atoms with Gasteiger partial charge in [-0.25, -0.2) is 18.1 Å². The van der Waals surface area contributed by atoms with Gasteiger partial charge in [-0.1, -0.05) is 11.2 Å². The van der Waals surface area contributed by atoms with Crippen LogP contribution in [-0.2, 0) is 10.0 Å². The van der Waals surface area contributed by atoms with Gasteiger partial charge in [0.2, 0.25) is 10.0 Å². The van der Waals surface area contributed by atoms with Gasteiger partial charge < -0.3 is 14.3 Å². The Labute approximate surface area is 184 Å². The molecule has 1 amide bonds. The molecule has 166 valence electrons. The number of hydrogen-bond donors (Lipinski definition) is 2. The van der Waals surface area contributed by atoms with Gasteiger partial charge >= 0.3 is 0 Å². The Morgan fingerprint density at radius 2 is 1.88 bits per heavy atom. The molecule has 0 atom stereocenters. The van der Waals surface area contributed by atoms with Crippen LogP contribution in [0.4, 0.5) is 5.69 Å². The number of carbonyl (C=O) groups is 1. The molecule has 0 aliphatic heterocycles. The van der Waals surface area contributed by atoms with E-state index < -0.39 is 21.5 Å². The Morgan fingerprint density at radius 1 is 1.09 bits per heavy atom. The summed E-state index contributed by atoms with van der Waals surface area (Å²) in [6.45, 7) is 6.97. The second-order valence-corrected chi connectivity index (χ2v) is 10.0. The monoisotopic (exact) mass is 454 g/mol. The van der Waals surface area contributed by atoms with Gasteiger partial charge in [-0.05, 0) is 64.1 Å². The van der Waals surface area contributed by atoms with Crippen molar-refractivity contribution in [1.29, 1.82) is 0 Å². The van der Waals surface area contributed by atoms with Crippen molar-refractivity contribution in [1.82, 2.24) is 14.9 Å². The summed E-state index contributed by atoms with van der Waals surface area (Å²) in [5.41, 5.74) is 1.08. The Morgan fingerprint density at radius 3 is 2.56 bits per heavy atom. The summed E-state index contributed by atoms with van der Waals surface area (Å²) in [5.74, 6) is 0.00573. The number of fused-ring (bicyclic) bond motifs is 1. The molecule has 9 nitrogen and oxygen atoms in total. The molecule has 10 heteroatoms. The van der Waals surface area contributed by atoms with E-state index >= 15 is 0 Å². The van der Waals surface area contributed by atoms with Gasteiger partial charge in [-0.2, -0.15) is 0 Å². The van der Waals surface area contributed by atoms with Gasteiger partial charge in [0.1, 0.15) is 5.69 Å². The minimum atomic E-state index is -3.76. The minimum Gasteiger partial charge on any atom is -0.463 e. The largest absolute Gasteiger partial charge is 0.463 e. The molecule has 3 aromatic heterocycles. The van der Waals surface area contributed by atoms with E-state index in [-0.39, 0.29) is 16.2 Å². The molecule has 4 aromatic rings. The fourth-order valence-corrected chi connectivity index (χ4v) is 4.69. The number of nitrogens with zero attached hydrogens (tertiary/aromatic N) is 2. The molecule has 0 saturated heterocycles. The Bertz CT molecular complexity index is 1400. The van der Waals surface area contributed by atoms with Crippen LogP contribution >= 0.6 is 0 Å². The number of aromatic nitrogens is 2. The molecule has 0 fully saturated rings. The van der Waals surface area contributed by atoms with Crippen LogP contribution in [0, 0.1) is 6.92 Å². The maximum Gasteiger partial charge on any atom is 0.259 e. The number of nitrogens with one attached hydrogen (secondary N) is 2. The predicted octanol–water partition coefficient (Wildman–Crippen LogP) is 4.12. The number of sulfonamides is 1. The SMILES string of the molecule is Cc1noc2nc(-c3ccco3)cc(C(=O)Nc3cccc(S(=O)(=O)NC(C)(C)C)c3)c12. The number of aryl methyl sites for hydroxylation is 1. The lowest BCUT2D eigenvalue weighted by Crippen LogP contribution is -2.40. The first-order valence-electron chi connectivity index (χ1n) is 9.80. The zero-order chi connectivity index (χ0) is 23.1. The van der Waals surface area contributed by atoms with Gasteiger partial charge in [0.25, 0.3) is 11.6 Å². The fourth-order valence-electron chi connectivity index (χ4n) is 3.23. The quantitative estimate of drug-likeness (QED) is 0.464. The summed E-state index contributed by atoms with van der Waals surface area (Å²) in [6.07, 6.45) is 1.50. The highest BCUT2D eigenvalue weighted by Gasteiger charge is 2.23. The Balaban J connectivity index is 1.70. The van der Waals surface area contributed by atoms with Crippen molar-refractivity contribution in [3.63, 3.8) is 0 Å². The van der Waals surface area contributed by atoms with Crippen LogP contribution in [-0.4, -0.2) is 30.0 Å². The molecule has 3 heterocycles. The summed E-state index contributed by atoms with van der Waals surface area (Å²) in [6, 6.07) is 11.1. The van der Waals surface area contributed by atoms with E-state index in [0.29, 0.717) is 28.2 Å². The maximum atomic E-state index is 13.2. The number of anilines is 1. The van der Waals surface area contributed by atoms with E-state index in [0.717, 1.165) is 0 Å². The number of furan rings is 1. The van der Waals surface area contributed by atoms with Gasteiger partial charge in [0.05, 0.1) is 27.8 Å². The van der Waals surface area contributed by atoms with Crippen LogP contribution in [0.1, 0.15) is 36.8 Å². The first-order chi connectivity index (χ1) is 15.0. The smallest absolute Gasteiger partial charge is 0.259 e. The zero-order valence-corrected chi connectivity index (χ0v) is 18.8. The topological polar surface area (TPSA) is 127 Å². The van der Waals surface area contributed by atoms with Crippen LogP contribution in [0.5, 0.6) is 0 Å². The standard InChI is InChI=1S/C22H22N4O5S/c1-13-19-16(12-17(18-9-6-10-30-18)24-21(19)31-25-13)20(27)23-14-7-5-8-15(11-14)32(28,29)26-22(2,3)4/h5-12,26H,1-4H3,(H,23,27). The zero-order valence-electron chi connectivity index (χ0n) is 18.0. The number of pyridine rings is 1. The molecular formula is C22H22N4O5S. The number of rotatable bonds is 5. The summed E-state index contributed by atoms with van der Waals surface area (Å²) < 4.78 is 38.6. The average molecular weight is 455 g/mol. The molecule has 0 spiro atoms. The molecule has 0 unspecified atom stereocenters. The fraction of sp³-hybridized carbons (Fsp3) is 0.227. The highest BCUT2D eigenvalue weighted by Crippen LogP contribution is 2.28. The van der Waals surface area contributed by atoms with Crippen molar-refractivity contribution >= 4 is 32.7 Å². The van der Waals surface area contributed by atoms with Crippen molar-refractivity contribution in [2.45, 2.75) is 38.1 Å². The minimum absolute atomic E-state index is 0.0440. The number of benzene rings is 1. The first-order valence-corrected chi connectivity index (χ1v) is 11.3. The number of amides is 1. The third kappa shape index (κ3) is 4.41. The summed E-state index contributed by atoms with van der Waals surface area (Å²) in [5, 5.41) is 7.14. The van der Waals surface area contributed by atoms with Gasteiger partial charge in [-0.3, -0.25) is 4.79 Å². The normalized spacial score (nSPS) is 12.2. The Hall–Kier alpha value is -3.50. The highest BCUT2D eigenvalue weighted by atomic mass is 32.2. The second-order valence-electron chi connectivity index (χ2n) is 8.32. The lowest BCUT2D eigenvalue weighted by molar-refractivity contribution is 0.102. The van der Waals surface area contributed by atoms with E-state index in [2.05, 4.69) is 20.2 Å². The predicted molar refractivity (Wildman–Crippen MR) is 119 cm³/mol. The van der Waals surface area contributed by atoms with E-state index in [1.165, 1.54) is 18.4 Å². The van der Waals surface area contributed by atoms with Gasteiger partial charge in [0.15, 0.2) is 5.76 Å². The average Bonchev–Trinajstić information content (AvgIpc) is 3.36. The van der Waals surface area contributed by atoms with Crippen molar-refractivity contribution in [3.05, 3.63) is 60.0 Å². The molecule has 32 heavy (non-hydrogen) atoms. The van der Waals surface area contributed by atoms with Crippen LogP contribution in [0.25, 0.3) is 22.6 Å². The summed E-state index contributed by atoms with van der Waals surface area (Å²) in [7, 11) is -3.76. The molecule has 0 radical (unpaired) electrons. The molecular weight excluding hydrogens is 432 g/mol. The van der Waals surface area contributed by atoms with Gasteiger partial charge in [-0.15, -0.1) is 0 Å². The second kappa shape index (κ2) is 7.88. The summed E-state index contributed by atoms with van der Waals surface area (Å²) >= 11 is 0. The third-order valence-electron chi connectivity index (χ3n) is 4.48. The third-order valence-corrected chi connectivity index (χ3v) is 6.23. The molecule has 0 saturated carbocycles. The molecule has 0 aliphatic rings. The number of hydrogen-bond acceptors (Lipinski definition) is 7. The van der Waals surface area contributed by atoms with Gasteiger partial charge in [0, 0.05) is 11.2 Å². The van der Waals surface area contributed by atoms with Crippen LogP contribution < -0.4 is 10.0 Å². The van der Waals surface area contributed by atoms with E-state index in [1.54, 1.807) is 58.0 Å².